The van der Waals surface area contributed by atoms with Gasteiger partial charge >= 0.3 is 0 Å². The van der Waals surface area contributed by atoms with Gasteiger partial charge in [0.05, 0.1) is 0 Å². The van der Waals surface area contributed by atoms with Crippen molar-refractivity contribution in [1.29, 1.82) is 0 Å². The second-order valence-electron chi connectivity index (χ2n) is 19.2. The molecule has 0 aliphatic carbocycles. The van der Waals surface area contributed by atoms with Crippen molar-refractivity contribution in [3.8, 4) is 0 Å². The Bertz CT molecular complexity index is 790. The summed E-state index contributed by atoms with van der Waals surface area (Å²) in [5, 5.41) is 0. The molecule has 0 aromatic rings. The van der Waals surface area contributed by atoms with E-state index in [-0.39, 0.29) is 33.0 Å². The highest BCUT2D eigenvalue weighted by molar-refractivity contribution is 4.98. The third-order valence-electron chi connectivity index (χ3n) is 10.7. The van der Waals surface area contributed by atoms with Crippen LogP contribution in [-0.4, -0.2) is 72.2 Å². The minimum atomic E-state index is -0.269. The van der Waals surface area contributed by atoms with Crippen molar-refractivity contribution in [3.63, 3.8) is 0 Å². The zero-order chi connectivity index (χ0) is 33.1. The molecule has 1 fully saturated rings. The number of likely N-dealkylation sites (tertiary alicyclic amines) is 1. The number of nitrogens with two attached hydrogens (primary N) is 4. The minimum absolute atomic E-state index is 0.154. The fraction of sp³-hybridized carbons (Fsp3) is 1.00. The van der Waals surface area contributed by atoms with Crippen molar-refractivity contribution in [2.45, 2.75) is 151 Å². The molecule has 0 aromatic heterocycles. The van der Waals surface area contributed by atoms with E-state index in [1.807, 2.05) is 0 Å². The molecule has 0 aromatic carbocycles. The Kier molecular flexibility index (Phi) is 13.7. The molecule has 6 heteroatoms. The van der Waals surface area contributed by atoms with Gasteiger partial charge in [0.1, 0.15) is 0 Å². The van der Waals surface area contributed by atoms with Crippen molar-refractivity contribution in [2.75, 3.05) is 40.3 Å². The summed E-state index contributed by atoms with van der Waals surface area (Å²) in [5.74, 6) is 2.80. The second-order valence-corrected chi connectivity index (χ2v) is 19.2. The summed E-state index contributed by atoms with van der Waals surface area (Å²) >= 11 is 0. The second kappa shape index (κ2) is 14.5. The first-order valence-electron chi connectivity index (χ1n) is 17.1. The summed E-state index contributed by atoms with van der Waals surface area (Å²) < 4.78 is 0. The fourth-order valence-electron chi connectivity index (χ4n) is 7.87. The Labute approximate surface area is 263 Å². The van der Waals surface area contributed by atoms with Crippen LogP contribution in [0.5, 0.6) is 0 Å². The predicted molar refractivity (Wildman–Crippen MR) is 186 cm³/mol. The van der Waals surface area contributed by atoms with Crippen molar-refractivity contribution in [3.05, 3.63) is 0 Å². The van der Waals surface area contributed by atoms with Crippen LogP contribution < -0.4 is 22.9 Å². The van der Waals surface area contributed by atoms with Gasteiger partial charge in [-0.25, -0.2) is 0 Å². The maximum absolute atomic E-state index is 6.73. The highest BCUT2D eigenvalue weighted by Gasteiger charge is 2.46. The lowest BCUT2D eigenvalue weighted by Crippen LogP contribution is -2.50. The van der Waals surface area contributed by atoms with Crippen LogP contribution in [0.25, 0.3) is 0 Å². The van der Waals surface area contributed by atoms with Crippen LogP contribution in [0.15, 0.2) is 0 Å². The molecule has 1 aliphatic heterocycles. The van der Waals surface area contributed by atoms with Crippen LogP contribution >= 0.6 is 0 Å². The maximum Gasteiger partial charge on any atom is 0.0138 e. The summed E-state index contributed by atoms with van der Waals surface area (Å²) in [6.45, 7) is 34.2. The normalized spacial score (nSPS) is 22.6. The number of rotatable bonds is 18. The van der Waals surface area contributed by atoms with E-state index in [9.17, 15) is 0 Å². The number of hydrogen-bond acceptors (Lipinski definition) is 6. The highest BCUT2D eigenvalue weighted by Crippen LogP contribution is 2.51. The summed E-state index contributed by atoms with van der Waals surface area (Å²) in [6.07, 6.45) is 6.68. The molecule has 1 rings (SSSR count). The Hall–Kier alpha value is -0.240. The lowest BCUT2D eigenvalue weighted by molar-refractivity contribution is 0.0270. The zero-order valence-corrected chi connectivity index (χ0v) is 31.2. The smallest absolute Gasteiger partial charge is 0.0138 e. The van der Waals surface area contributed by atoms with E-state index in [1.165, 1.54) is 19.3 Å². The molecule has 1 aliphatic rings. The summed E-state index contributed by atoms with van der Waals surface area (Å²) in [4.78, 5) is 5.05. The van der Waals surface area contributed by atoms with Crippen molar-refractivity contribution >= 4 is 0 Å². The first kappa shape index (κ1) is 39.8. The molecule has 42 heavy (non-hydrogen) atoms. The Morgan fingerprint density at radius 1 is 0.643 bits per heavy atom. The van der Waals surface area contributed by atoms with E-state index in [2.05, 4.69) is 114 Å². The van der Waals surface area contributed by atoms with Crippen molar-refractivity contribution in [2.24, 2.45) is 63.4 Å². The van der Waals surface area contributed by atoms with E-state index in [0.29, 0.717) is 29.6 Å². The van der Waals surface area contributed by atoms with Crippen LogP contribution in [0.3, 0.4) is 0 Å². The summed E-state index contributed by atoms with van der Waals surface area (Å²) in [7, 11) is 4.40. The Morgan fingerprint density at radius 2 is 1.12 bits per heavy atom. The van der Waals surface area contributed by atoms with Gasteiger partial charge in [-0.2, -0.15) is 0 Å². The molecule has 0 saturated carbocycles. The molecule has 5 unspecified atom stereocenters. The molecule has 1 heterocycles. The highest BCUT2D eigenvalue weighted by atomic mass is 15.2. The van der Waals surface area contributed by atoms with E-state index in [1.54, 1.807) is 0 Å². The van der Waals surface area contributed by atoms with Crippen LogP contribution in [0, 0.1) is 40.4 Å². The van der Waals surface area contributed by atoms with E-state index >= 15 is 0 Å². The predicted octanol–water partition coefficient (Wildman–Crippen LogP) is 6.31. The fourth-order valence-corrected chi connectivity index (χ4v) is 7.87. The van der Waals surface area contributed by atoms with Gasteiger partial charge in [0.15, 0.2) is 0 Å². The van der Waals surface area contributed by atoms with E-state index in [0.717, 1.165) is 45.4 Å². The lowest BCUT2D eigenvalue weighted by Gasteiger charge is -2.47. The molecule has 6 nitrogen and oxygen atoms in total. The number of nitrogens with zero attached hydrogens (tertiary/aromatic N) is 2. The molecule has 0 radical (unpaired) electrons. The molecule has 252 valence electrons. The third kappa shape index (κ3) is 13.8. The molecular weight excluding hydrogens is 516 g/mol. The first-order valence-corrected chi connectivity index (χ1v) is 17.1. The van der Waals surface area contributed by atoms with Crippen LogP contribution in [0.4, 0.5) is 0 Å². The molecule has 0 amide bonds. The monoisotopic (exact) mass is 595 g/mol. The van der Waals surface area contributed by atoms with E-state index < -0.39 is 0 Å². The van der Waals surface area contributed by atoms with Gasteiger partial charge in [-0.1, -0.05) is 41.0 Å². The minimum Gasteiger partial charge on any atom is -0.326 e. The third-order valence-corrected chi connectivity index (χ3v) is 10.7. The van der Waals surface area contributed by atoms with Crippen LogP contribution in [-0.2, 0) is 0 Å². The molecule has 1 saturated heterocycles. The SMILES string of the molecule is CCC(CC(C)(C)C(C)(C)CC1CN(CC(CC(C)(C)N)C(C)(C)N)CC1CC(C)(C)N)C(CN(C)C)CC(C)(C)N. The molecular formula is C36H78N6. The van der Waals surface area contributed by atoms with Crippen LogP contribution in [0.1, 0.15) is 129 Å². The van der Waals surface area contributed by atoms with Gasteiger partial charge in [-0.05, 0) is 142 Å². The first-order chi connectivity index (χ1) is 18.6. The van der Waals surface area contributed by atoms with Gasteiger partial charge in [-0.3, -0.25) is 0 Å². The van der Waals surface area contributed by atoms with Gasteiger partial charge in [-0.15, -0.1) is 0 Å². The quantitative estimate of drug-likeness (QED) is 0.148. The zero-order valence-electron chi connectivity index (χ0n) is 31.2. The van der Waals surface area contributed by atoms with Gasteiger partial charge < -0.3 is 32.7 Å². The van der Waals surface area contributed by atoms with Gasteiger partial charge in [0.25, 0.3) is 0 Å². The maximum atomic E-state index is 6.73. The van der Waals surface area contributed by atoms with Crippen molar-refractivity contribution < 1.29 is 0 Å². The average molecular weight is 595 g/mol. The lowest BCUT2D eigenvalue weighted by atomic mass is 9.58. The molecule has 5 atom stereocenters. The van der Waals surface area contributed by atoms with E-state index in [4.69, 9.17) is 22.9 Å². The standard InChI is InChI=1S/C36H78N6/c1-16-26(28(22-41(14)15)19-33(6,7)37)17-31(2,3)32(4,5)18-27-23-42(24-29(27)20-34(8,9)38)25-30(36(12,13)40)21-35(10,11)39/h26-30H,16-25,37-40H2,1-15H3. The topological polar surface area (TPSA) is 111 Å². The number of hydrogen-bond donors (Lipinski definition) is 4. The van der Waals surface area contributed by atoms with Gasteiger partial charge in [0.2, 0.25) is 0 Å². The molecule has 8 N–H and O–H groups in total. The largest absolute Gasteiger partial charge is 0.326 e. The Morgan fingerprint density at radius 3 is 1.50 bits per heavy atom. The summed E-state index contributed by atoms with van der Waals surface area (Å²) in [5.41, 5.74) is 26.0. The average Bonchev–Trinajstić information content (AvgIpc) is 3.06. The summed E-state index contributed by atoms with van der Waals surface area (Å²) in [6, 6.07) is 0. The Balaban J connectivity index is 3.22. The van der Waals surface area contributed by atoms with Crippen molar-refractivity contribution in [1.82, 2.24) is 9.80 Å². The van der Waals surface area contributed by atoms with Gasteiger partial charge in [0, 0.05) is 48.3 Å². The molecule has 0 spiro atoms. The van der Waals surface area contributed by atoms with Crippen LogP contribution in [0.2, 0.25) is 0 Å². The molecule has 0 bridgehead atoms.